The number of hydrogen-bond acceptors (Lipinski definition) is 5. The van der Waals surface area contributed by atoms with Crippen LogP contribution in [0.1, 0.15) is 41.5 Å². The van der Waals surface area contributed by atoms with Gasteiger partial charge in [-0.1, -0.05) is 15.9 Å². The number of carbonyl (C=O) groups is 2. The van der Waals surface area contributed by atoms with Crippen molar-refractivity contribution in [1.29, 1.82) is 0 Å². The van der Waals surface area contributed by atoms with Crippen LogP contribution in [0, 0.1) is 0 Å². The Morgan fingerprint density at radius 1 is 1.00 bits per heavy atom. The van der Waals surface area contributed by atoms with Gasteiger partial charge in [-0.2, -0.15) is 0 Å². The summed E-state index contributed by atoms with van der Waals surface area (Å²) >= 11 is 3.42. The van der Waals surface area contributed by atoms with Crippen LogP contribution in [0.3, 0.4) is 0 Å². The van der Waals surface area contributed by atoms with Crippen molar-refractivity contribution in [1.82, 2.24) is 9.80 Å². The maximum absolute atomic E-state index is 12.7. The minimum Gasteiger partial charge on any atom is -0.444 e. The Morgan fingerprint density at radius 2 is 1.55 bits per heavy atom. The van der Waals surface area contributed by atoms with Crippen LogP contribution in [-0.4, -0.2) is 65.4 Å². The molecule has 1 fully saturated rings. The molecule has 162 valence electrons. The van der Waals surface area contributed by atoms with Gasteiger partial charge in [-0.3, -0.25) is 4.90 Å². The first-order valence-corrected chi connectivity index (χ1v) is 10.6. The van der Waals surface area contributed by atoms with Crippen molar-refractivity contribution >= 4 is 33.8 Å². The zero-order chi connectivity index (χ0) is 21.8. The molecule has 1 heterocycles. The molecule has 1 aromatic carbocycles. The van der Waals surface area contributed by atoms with E-state index in [1.54, 1.807) is 9.80 Å². The molecule has 0 bridgehead atoms. The van der Waals surface area contributed by atoms with Crippen molar-refractivity contribution < 1.29 is 19.1 Å². The molecule has 1 aliphatic heterocycles. The number of nitrogens with zero attached hydrogens (tertiary/aromatic N) is 2. The maximum atomic E-state index is 12.7. The van der Waals surface area contributed by atoms with Gasteiger partial charge in [0.15, 0.2) is 0 Å². The highest BCUT2D eigenvalue weighted by atomic mass is 79.9. The van der Waals surface area contributed by atoms with Crippen LogP contribution in [-0.2, 0) is 9.47 Å². The minimum absolute atomic E-state index is 0.241. The number of ether oxygens (including phenoxy) is 2. The van der Waals surface area contributed by atoms with Gasteiger partial charge in [-0.05, 0) is 65.8 Å². The third-order valence-electron chi connectivity index (χ3n) is 4.15. The van der Waals surface area contributed by atoms with Crippen LogP contribution < -0.4 is 5.32 Å². The van der Waals surface area contributed by atoms with E-state index in [1.165, 1.54) is 0 Å². The highest BCUT2D eigenvalue weighted by molar-refractivity contribution is 9.10. The average molecular weight is 470 g/mol. The fourth-order valence-corrected chi connectivity index (χ4v) is 3.15. The van der Waals surface area contributed by atoms with Crippen LogP contribution in [0.15, 0.2) is 28.7 Å². The molecule has 0 spiro atoms. The molecule has 0 aliphatic carbocycles. The second-order valence-electron chi connectivity index (χ2n) is 9.14. The molecule has 1 saturated heterocycles. The van der Waals surface area contributed by atoms with Gasteiger partial charge in [0.05, 0.1) is 6.04 Å². The summed E-state index contributed by atoms with van der Waals surface area (Å²) in [6.45, 7) is 12.7. The summed E-state index contributed by atoms with van der Waals surface area (Å²) in [7, 11) is 0. The molecular weight excluding hydrogens is 438 g/mol. The predicted octanol–water partition coefficient (Wildman–Crippen LogP) is 4.72. The molecule has 1 unspecified atom stereocenters. The third kappa shape index (κ3) is 7.76. The van der Waals surface area contributed by atoms with Crippen LogP contribution in [0.5, 0.6) is 0 Å². The number of halogens is 1. The van der Waals surface area contributed by atoms with Gasteiger partial charge in [-0.25, -0.2) is 9.59 Å². The number of hydrogen-bond donors (Lipinski definition) is 1. The number of carbonyl (C=O) groups excluding carboxylic acids is 2. The molecule has 1 atom stereocenters. The molecule has 2 amide bonds. The van der Waals surface area contributed by atoms with Crippen molar-refractivity contribution in [3.63, 3.8) is 0 Å². The number of amides is 2. The van der Waals surface area contributed by atoms with Crippen LogP contribution >= 0.6 is 15.9 Å². The minimum atomic E-state index is -0.580. The van der Waals surface area contributed by atoms with Gasteiger partial charge in [0.2, 0.25) is 0 Å². The van der Waals surface area contributed by atoms with Crippen molar-refractivity contribution in [3.05, 3.63) is 28.7 Å². The van der Waals surface area contributed by atoms with Gasteiger partial charge in [0, 0.05) is 36.3 Å². The van der Waals surface area contributed by atoms with Crippen molar-refractivity contribution in [2.75, 3.05) is 31.5 Å². The molecule has 1 aromatic rings. The zero-order valence-electron chi connectivity index (χ0n) is 18.1. The quantitative estimate of drug-likeness (QED) is 0.693. The van der Waals surface area contributed by atoms with E-state index in [0.717, 1.165) is 10.2 Å². The number of rotatable bonds is 3. The van der Waals surface area contributed by atoms with E-state index in [9.17, 15) is 9.59 Å². The fourth-order valence-electron chi connectivity index (χ4n) is 2.89. The van der Waals surface area contributed by atoms with Gasteiger partial charge < -0.3 is 19.7 Å². The Hall–Kier alpha value is -1.96. The van der Waals surface area contributed by atoms with E-state index < -0.39 is 11.2 Å². The monoisotopic (exact) mass is 469 g/mol. The summed E-state index contributed by atoms with van der Waals surface area (Å²) in [5, 5.41) is 3.35. The number of piperazine rings is 1. The molecule has 0 saturated carbocycles. The Bertz CT molecular complexity index is 710. The zero-order valence-corrected chi connectivity index (χ0v) is 19.7. The van der Waals surface area contributed by atoms with Gasteiger partial charge >= 0.3 is 12.2 Å². The molecule has 29 heavy (non-hydrogen) atoms. The van der Waals surface area contributed by atoms with Crippen LogP contribution in [0.4, 0.5) is 15.3 Å². The van der Waals surface area contributed by atoms with E-state index >= 15 is 0 Å². The fraction of sp³-hybridized carbons (Fsp3) is 0.619. The molecule has 1 N–H and O–H groups in total. The SMILES string of the molecule is CC(C)(C)OC(=O)N1CCN(C(=O)OC(C)(C)C)C(CNc2ccc(Br)cc2)C1. The molecule has 0 aromatic heterocycles. The largest absolute Gasteiger partial charge is 0.444 e. The summed E-state index contributed by atoms with van der Waals surface area (Å²) in [5.74, 6) is 0. The predicted molar refractivity (Wildman–Crippen MR) is 117 cm³/mol. The summed E-state index contributed by atoms with van der Waals surface area (Å²) in [6, 6.07) is 7.56. The van der Waals surface area contributed by atoms with E-state index in [-0.39, 0.29) is 18.2 Å². The van der Waals surface area contributed by atoms with Crippen LogP contribution in [0.25, 0.3) is 0 Å². The number of anilines is 1. The summed E-state index contributed by atoms with van der Waals surface area (Å²) in [4.78, 5) is 28.6. The van der Waals surface area contributed by atoms with Crippen molar-refractivity contribution in [3.8, 4) is 0 Å². The normalized spacial score (nSPS) is 17.7. The van der Waals surface area contributed by atoms with Gasteiger partial charge in [0.1, 0.15) is 11.2 Å². The maximum Gasteiger partial charge on any atom is 0.410 e. The second-order valence-corrected chi connectivity index (χ2v) is 10.1. The van der Waals surface area contributed by atoms with E-state index in [4.69, 9.17) is 9.47 Å². The Morgan fingerprint density at radius 3 is 2.10 bits per heavy atom. The average Bonchev–Trinajstić information content (AvgIpc) is 2.58. The van der Waals surface area contributed by atoms with Gasteiger partial charge in [-0.15, -0.1) is 0 Å². The third-order valence-corrected chi connectivity index (χ3v) is 4.68. The lowest BCUT2D eigenvalue weighted by atomic mass is 10.1. The molecule has 0 radical (unpaired) electrons. The van der Waals surface area contributed by atoms with Gasteiger partial charge in [0.25, 0.3) is 0 Å². The highest BCUT2D eigenvalue weighted by Crippen LogP contribution is 2.20. The second kappa shape index (κ2) is 9.24. The van der Waals surface area contributed by atoms with E-state index in [2.05, 4.69) is 21.2 Å². The highest BCUT2D eigenvalue weighted by Gasteiger charge is 2.36. The Kier molecular flexibility index (Phi) is 7.43. The van der Waals surface area contributed by atoms with E-state index in [1.807, 2.05) is 65.8 Å². The molecule has 7 nitrogen and oxygen atoms in total. The number of nitrogens with one attached hydrogen (secondary N) is 1. The lowest BCUT2D eigenvalue weighted by Crippen LogP contribution is -2.59. The van der Waals surface area contributed by atoms with E-state index in [0.29, 0.717) is 26.2 Å². The topological polar surface area (TPSA) is 71.1 Å². The lowest BCUT2D eigenvalue weighted by Gasteiger charge is -2.42. The molecule has 8 heteroatoms. The molecule has 2 rings (SSSR count). The molecule has 1 aliphatic rings. The number of benzene rings is 1. The summed E-state index contributed by atoms with van der Waals surface area (Å²) in [6.07, 6.45) is -0.737. The Balaban J connectivity index is 2.10. The lowest BCUT2D eigenvalue weighted by molar-refractivity contribution is -0.0129. The first kappa shape index (κ1) is 23.3. The summed E-state index contributed by atoms with van der Waals surface area (Å²) in [5.41, 5.74) is -0.208. The standard InChI is InChI=1S/C21H32BrN3O4/c1-20(2,3)28-18(26)24-11-12-25(19(27)29-21(4,5)6)17(14-24)13-23-16-9-7-15(22)8-10-16/h7-10,17,23H,11-14H2,1-6H3. The first-order chi connectivity index (χ1) is 13.3. The Labute approximate surface area is 181 Å². The first-order valence-electron chi connectivity index (χ1n) is 9.81. The van der Waals surface area contributed by atoms with Crippen LogP contribution in [0.2, 0.25) is 0 Å². The smallest absolute Gasteiger partial charge is 0.410 e. The van der Waals surface area contributed by atoms with Crippen molar-refractivity contribution in [2.45, 2.75) is 58.8 Å². The molecular formula is C21H32BrN3O4. The van der Waals surface area contributed by atoms with Crippen molar-refractivity contribution in [2.24, 2.45) is 0 Å². The summed E-state index contributed by atoms with van der Waals surface area (Å²) < 4.78 is 12.1.